The Balaban J connectivity index is 3.15. The van der Waals surface area contributed by atoms with Crippen molar-refractivity contribution in [3.8, 4) is 0 Å². The van der Waals surface area contributed by atoms with E-state index in [9.17, 15) is 0 Å². The fourth-order valence-corrected chi connectivity index (χ4v) is 0.644. The standard InChI is InChI=1S/C6H15N/c1-4-5-6(2,3)7/h4-5,7H2,1-3H3. The van der Waals surface area contributed by atoms with Crippen LogP contribution in [0, 0.1) is 0 Å². The third-order valence-corrected chi connectivity index (χ3v) is 0.894. The highest BCUT2D eigenvalue weighted by Crippen LogP contribution is 2.04. The van der Waals surface area contributed by atoms with Gasteiger partial charge in [0.05, 0.1) is 0 Å². The molecular weight excluding hydrogens is 86.1 g/mol. The third-order valence-electron chi connectivity index (χ3n) is 0.894. The molecule has 0 aliphatic heterocycles. The summed E-state index contributed by atoms with van der Waals surface area (Å²) >= 11 is 0. The molecule has 0 radical (unpaired) electrons. The van der Waals surface area contributed by atoms with Crippen molar-refractivity contribution in [2.24, 2.45) is 5.73 Å². The van der Waals surface area contributed by atoms with Crippen molar-refractivity contribution in [1.82, 2.24) is 0 Å². The Labute approximate surface area is 45.9 Å². The van der Waals surface area contributed by atoms with E-state index in [-0.39, 0.29) is 5.54 Å². The van der Waals surface area contributed by atoms with Crippen LogP contribution in [0.5, 0.6) is 0 Å². The molecule has 0 aromatic carbocycles. The molecule has 0 bridgehead atoms. The van der Waals surface area contributed by atoms with E-state index in [0.717, 1.165) is 6.42 Å². The summed E-state index contributed by atoms with van der Waals surface area (Å²) in [5, 5.41) is 0. The van der Waals surface area contributed by atoms with E-state index < -0.39 is 0 Å². The number of rotatable bonds is 2. The van der Waals surface area contributed by atoms with Crippen LogP contribution in [0.25, 0.3) is 0 Å². The maximum absolute atomic E-state index is 5.65. The molecule has 0 atom stereocenters. The average Bonchev–Trinajstić information content (AvgIpc) is 1.30. The van der Waals surface area contributed by atoms with Crippen LogP contribution in [0.15, 0.2) is 0 Å². The SMILES string of the molecule is CCCC(C)(C)N. The van der Waals surface area contributed by atoms with Crippen molar-refractivity contribution in [3.63, 3.8) is 0 Å². The van der Waals surface area contributed by atoms with Crippen molar-refractivity contribution in [2.75, 3.05) is 0 Å². The van der Waals surface area contributed by atoms with Crippen LogP contribution in [0.2, 0.25) is 0 Å². The molecular formula is C6H15N. The highest BCUT2D eigenvalue weighted by Gasteiger charge is 2.06. The number of hydrogen-bond donors (Lipinski definition) is 1. The van der Waals surface area contributed by atoms with Gasteiger partial charge in [0.25, 0.3) is 0 Å². The van der Waals surface area contributed by atoms with E-state index in [2.05, 4.69) is 20.8 Å². The van der Waals surface area contributed by atoms with Crippen LogP contribution in [-0.2, 0) is 0 Å². The normalized spacial score (nSPS) is 12.0. The predicted octanol–water partition coefficient (Wildman–Crippen LogP) is 1.52. The van der Waals surface area contributed by atoms with Gasteiger partial charge in [-0.25, -0.2) is 0 Å². The minimum absolute atomic E-state index is 0.0503. The molecule has 0 aromatic heterocycles. The Morgan fingerprint density at radius 3 is 1.86 bits per heavy atom. The van der Waals surface area contributed by atoms with Crippen LogP contribution >= 0.6 is 0 Å². The lowest BCUT2D eigenvalue weighted by atomic mass is 10.0. The van der Waals surface area contributed by atoms with Crippen LogP contribution in [-0.4, -0.2) is 5.54 Å². The zero-order valence-corrected chi connectivity index (χ0v) is 5.49. The lowest BCUT2D eigenvalue weighted by molar-refractivity contribution is 0.470. The Hall–Kier alpha value is -0.0400. The predicted molar refractivity (Wildman–Crippen MR) is 33.2 cm³/mol. The Morgan fingerprint density at radius 1 is 1.43 bits per heavy atom. The highest BCUT2D eigenvalue weighted by atomic mass is 14.7. The maximum Gasteiger partial charge on any atom is 0.00969 e. The van der Waals surface area contributed by atoms with Gasteiger partial charge in [-0.2, -0.15) is 0 Å². The molecule has 1 nitrogen and oxygen atoms in total. The van der Waals surface area contributed by atoms with Crippen LogP contribution in [0.4, 0.5) is 0 Å². The summed E-state index contributed by atoms with van der Waals surface area (Å²) in [6.07, 6.45) is 2.30. The first-order valence-electron chi connectivity index (χ1n) is 2.85. The fourth-order valence-electron chi connectivity index (χ4n) is 0.644. The summed E-state index contributed by atoms with van der Waals surface area (Å²) in [7, 11) is 0. The lowest BCUT2D eigenvalue weighted by Crippen LogP contribution is -2.31. The summed E-state index contributed by atoms with van der Waals surface area (Å²) in [6.45, 7) is 6.25. The van der Waals surface area contributed by atoms with E-state index in [0.29, 0.717) is 0 Å². The topological polar surface area (TPSA) is 26.0 Å². The first-order chi connectivity index (χ1) is 3.06. The summed E-state index contributed by atoms with van der Waals surface area (Å²) in [5.41, 5.74) is 5.70. The maximum atomic E-state index is 5.65. The largest absolute Gasteiger partial charge is 0.326 e. The third kappa shape index (κ3) is 5.96. The van der Waals surface area contributed by atoms with Crippen molar-refractivity contribution < 1.29 is 0 Å². The Kier molecular flexibility index (Phi) is 2.30. The van der Waals surface area contributed by atoms with Gasteiger partial charge in [0.1, 0.15) is 0 Å². The minimum Gasteiger partial charge on any atom is -0.326 e. The molecule has 0 aliphatic rings. The summed E-state index contributed by atoms with van der Waals surface area (Å²) in [6, 6.07) is 0. The zero-order chi connectivity index (χ0) is 5.91. The van der Waals surface area contributed by atoms with Gasteiger partial charge in [-0.3, -0.25) is 0 Å². The molecule has 0 fully saturated rings. The van der Waals surface area contributed by atoms with Gasteiger partial charge in [0, 0.05) is 5.54 Å². The molecule has 44 valence electrons. The molecule has 0 saturated carbocycles. The van der Waals surface area contributed by atoms with E-state index in [1.165, 1.54) is 6.42 Å². The molecule has 0 saturated heterocycles. The van der Waals surface area contributed by atoms with Crippen molar-refractivity contribution >= 4 is 0 Å². The first kappa shape index (κ1) is 6.96. The minimum atomic E-state index is 0.0503. The van der Waals surface area contributed by atoms with Gasteiger partial charge in [0.15, 0.2) is 0 Å². The second-order valence-corrected chi connectivity index (χ2v) is 2.74. The molecule has 0 aliphatic carbocycles. The average molecular weight is 101 g/mol. The van der Waals surface area contributed by atoms with Crippen LogP contribution < -0.4 is 5.73 Å². The number of hydrogen-bond acceptors (Lipinski definition) is 1. The molecule has 2 N–H and O–H groups in total. The second-order valence-electron chi connectivity index (χ2n) is 2.74. The smallest absolute Gasteiger partial charge is 0.00969 e. The monoisotopic (exact) mass is 101 g/mol. The van der Waals surface area contributed by atoms with E-state index in [1.807, 2.05) is 0 Å². The molecule has 0 rings (SSSR count). The number of nitrogens with two attached hydrogens (primary N) is 1. The van der Waals surface area contributed by atoms with Gasteiger partial charge in [-0.05, 0) is 20.3 Å². The van der Waals surface area contributed by atoms with Crippen molar-refractivity contribution in [1.29, 1.82) is 0 Å². The van der Waals surface area contributed by atoms with Gasteiger partial charge < -0.3 is 5.73 Å². The van der Waals surface area contributed by atoms with Gasteiger partial charge in [-0.1, -0.05) is 13.3 Å². The summed E-state index contributed by atoms with van der Waals surface area (Å²) in [4.78, 5) is 0. The molecule has 0 aromatic rings. The van der Waals surface area contributed by atoms with Crippen molar-refractivity contribution in [2.45, 2.75) is 39.2 Å². The first-order valence-corrected chi connectivity index (χ1v) is 2.85. The molecule has 0 heterocycles. The van der Waals surface area contributed by atoms with Gasteiger partial charge in [0.2, 0.25) is 0 Å². The molecule has 0 unspecified atom stereocenters. The van der Waals surface area contributed by atoms with E-state index in [4.69, 9.17) is 5.73 Å². The Morgan fingerprint density at radius 2 is 1.86 bits per heavy atom. The zero-order valence-electron chi connectivity index (χ0n) is 5.49. The van der Waals surface area contributed by atoms with Crippen molar-refractivity contribution in [3.05, 3.63) is 0 Å². The van der Waals surface area contributed by atoms with E-state index in [1.54, 1.807) is 0 Å². The highest BCUT2D eigenvalue weighted by molar-refractivity contribution is 4.69. The van der Waals surface area contributed by atoms with E-state index >= 15 is 0 Å². The van der Waals surface area contributed by atoms with Crippen LogP contribution in [0.3, 0.4) is 0 Å². The summed E-state index contributed by atoms with van der Waals surface area (Å²) in [5.74, 6) is 0. The molecule has 0 amide bonds. The fraction of sp³-hybridized carbons (Fsp3) is 1.00. The Bertz CT molecular complexity index is 42.6. The molecule has 0 spiro atoms. The lowest BCUT2D eigenvalue weighted by Gasteiger charge is -2.15. The second kappa shape index (κ2) is 2.31. The van der Waals surface area contributed by atoms with Crippen LogP contribution in [0.1, 0.15) is 33.6 Å². The summed E-state index contributed by atoms with van der Waals surface area (Å²) < 4.78 is 0. The quantitative estimate of drug-likeness (QED) is 0.560. The van der Waals surface area contributed by atoms with Gasteiger partial charge >= 0.3 is 0 Å². The van der Waals surface area contributed by atoms with Gasteiger partial charge in [-0.15, -0.1) is 0 Å². The molecule has 7 heavy (non-hydrogen) atoms. The molecule has 1 heteroatoms.